The van der Waals surface area contributed by atoms with Crippen molar-refractivity contribution in [1.82, 2.24) is 0 Å². The van der Waals surface area contributed by atoms with Crippen molar-refractivity contribution in [3.8, 4) is 17.2 Å². The highest BCUT2D eigenvalue weighted by atomic mass is 16.5. The first-order valence-electron chi connectivity index (χ1n) is 6.03. The molecule has 0 spiro atoms. The van der Waals surface area contributed by atoms with Crippen molar-refractivity contribution in [1.29, 1.82) is 5.26 Å². The third-order valence-corrected chi connectivity index (χ3v) is 2.75. The van der Waals surface area contributed by atoms with Crippen molar-refractivity contribution >= 4 is 5.97 Å². The molecule has 19 heavy (non-hydrogen) atoms. The Kier molecular flexibility index (Phi) is 3.94. The van der Waals surface area contributed by atoms with E-state index in [1.807, 2.05) is 24.3 Å². The van der Waals surface area contributed by atoms with Crippen LogP contribution in [0.2, 0.25) is 0 Å². The van der Waals surface area contributed by atoms with Crippen LogP contribution in [0, 0.1) is 11.3 Å². The Morgan fingerprint density at radius 2 is 1.84 bits per heavy atom. The van der Waals surface area contributed by atoms with Gasteiger partial charge in [-0.15, -0.1) is 0 Å². The van der Waals surface area contributed by atoms with E-state index >= 15 is 0 Å². The molecule has 0 saturated heterocycles. The summed E-state index contributed by atoms with van der Waals surface area (Å²) in [4.78, 5) is 11.9. The van der Waals surface area contributed by atoms with Crippen molar-refractivity contribution in [2.75, 3.05) is 6.61 Å². The SMILES string of the molecule is CCOC(=O)c1ccccc1-c1ccc(C#N)cc1. The van der Waals surface area contributed by atoms with E-state index in [-0.39, 0.29) is 5.97 Å². The molecule has 2 aromatic rings. The highest BCUT2D eigenvalue weighted by Crippen LogP contribution is 2.24. The third kappa shape index (κ3) is 2.80. The fourth-order valence-electron chi connectivity index (χ4n) is 1.85. The van der Waals surface area contributed by atoms with Gasteiger partial charge in [0.05, 0.1) is 23.8 Å². The van der Waals surface area contributed by atoms with Gasteiger partial charge < -0.3 is 4.74 Å². The quantitative estimate of drug-likeness (QED) is 0.785. The lowest BCUT2D eigenvalue weighted by Gasteiger charge is -2.08. The first-order chi connectivity index (χ1) is 9.26. The van der Waals surface area contributed by atoms with Crippen molar-refractivity contribution in [2.45, 2.75) is 6.92 Å². The van der Waals surface area contributed by atoms with Gasteiger partial charge in [0.2, 0.25) is 0 Å². The molecule has 0 aliphatic rings. The second-order valence-electron chi connectivity index (χ2n) is 3.96. The molecular weight excluding hydrogens is 238 g/mol. The Morgan fingerprint density at radius 1 is 1.16 bits per heavy atom. The van der Waals surface area contributed by atoms with E-state index in [4.69, 9.17) is 10.00 Å². The number of nitriles is 1. The van der Waals surface area contributed by atoms with Gasteiger partial charge in [-0.3, -0.25) is 0 Å². The van der Waals surface area contributed by atoms with Gasteiger partial charge in [-0.1, -0.05) is 30.3 Å². The molecule has 0 unspecified atom stereocenters. The van der Waals surface area contributed by atoms with E-state index in [0.29, 0.717) is 17.7 Å². The minimum atomic E-state index is -0.331. The molecule has 0 fully saturated rings. The number of esters is 1. The van der Waals surface area contributed by atoms with Crippen LogP contribution >= 0.6 is 0 Å². The van der Waals surface area contributed by atoms with Crippen LogP contribution in [0.25, 0.3) is 11.1 Å². The fourth-order valence-corrected chi connectivity index (χ4v) is 1.85. The van der Waals surface area contributed by atoms with E-state index in [2.05, 4.69) is 6.07 Å². The van der Waals surface area contributed by atoms with E-state index in [9.17, 15) is 4.79 Å². The van der Waals surface area contributed by atoms with Crippen molar-refractivity contribution < 1.29 is 9.53 Å². The molecular formula is C16H13NO2. The number of hydrogen-bond acceptors (Lipinski definition) is 3. The van der Waals surface area contributed by atoms with Gasteiger partial charge in [0.25, 0.3) is 0 Å². The van der Waals surface area contributed by atoms with Crippen molar-refractivity contribution in [3.05, 3.63) is 59.7 Å². The number of nitrogens with zero attached hydrogens (tertiary/aromatic N) is 1. The van der Waals surface area contributed by atoms with Gasteiger partial charge in [-0.25, -0.2) is 4.79 Å². The van der Waals surface area contributed by atoms with E-state index in [1.54, 1.807) is 31.2 Å². The molecule has 0 heterocycles. The maximum atomic E-state index is 11.9. The normalized spacial score (nSPS) is 9.68. The molecule has 0 radical (unpaired) electrons. The highest BCUT2D eigenvalue weighted by Gasteiger charge is 2.12. The van der Waals surface area contributed by atoms with E-state index < -0.39 is 0 Å². The Labute approximate surface area is 112 Å². The number of ether oxygens (including phenoxy) is 1. The highest BCUT2D eigenvalue weighted by molar-refractivity contribution is 5.97. The van der Waals surface area contributed by atoms with E-state index in [0.717, 1.165) is 11.1 Å². The molecule has 0 amide bonds. The first kappa shape index (κ1) is 12.8. The van der Waals surface area contributed by atoms with Crippen LogP contribution in [0.15, 0.2) is 48.5 Å². The largest absolute Gasteiger partial charge is 0.462 e. The second kappa shape index (κ2) is 5.83. The molecule has 0 N–H and O–H groups in total. The Hall–Kier alpha value is -2.60. The van der Waals surface area contributed by atoms with Gasteiger partial charge in [-0.2, -0.15) is 5.26 Å². The Bertz CT molecular complexity index is 624. The monoisotopic (exact) mass is 251 g/mol. The summed E-state index contributed by atoms with van der Waals surface area (Å²) < 4.78 is 5.04. The molecule has 0 atom stereocenters. The maximum Gasteiger partial charge on any atom is 0.338 e. The lowest BCUT2D eigenvalue weighted by atomic mass is 9.99. The average molecular weight is 251 g/mol. The molecule has 2 aromatic carbocycles. The smallest absolute Gasteiger partial charge is 0.338 e. The standard InChI is InChI=1S/C16H13NO2/c1-2-19-16(18)15-6-4-3-5-14(15)13-9-7-12(11-17)8-10-13/h3-10H,2H2,1H3. The lowest BCUT2D eigenvalue weighted by Crippen LogP contribution is -2.06. The van der Waals surface area contributed by atoms with Crippen LogP contribution in [0.1, 0.15) is 22.8 Å². The summed E-state index contributed by atoms with van der Waals surface area (Å²) in [6.07, 6.45) is 0. The average Bonchev–Trinajstić information content (AvgIpc) is 2.47. The topological polar surface area (TPSA) is 50.1 Å². The number of benzene rings is 2. The van der Waals surface area contributed by atoms with Gasteiger partial charge in [0, 0.05) is 0 Å². The van der Waals surface area contributed by atoms with Gasteiger partial charge >= 0.3 is 5.97 Å². The number of carbonyl (C=O) groups excluding carboxylic acids is 1. The number of hydrogen-bond donors (Lipinski definition) is 0. The molecule has 3 heteroatoms. The van der Waals surface area contributed by atoms with Gasteiger partial charge in [0.1, 0.15) is 0 Å². The predicted octanol–water partition coefficient (Wildman–Crippen LogP) is 3.40. The van der Waals surface area contributed by atoms with Crippen LogP contribution in [0.3, 0.4) is 0 Å². The number of rotatable bonds is 3. The Balaban J connectivity index is 2.44. The predicted molar refractivity (Wildman–Crippen MR) is 72.5 cm³/mol. The van der Waals surface area contributed by atoms with E-state index in [1.165, 1.54) is 0 Å². The zero-order valence-electron chi connectivity index (χ0n) is 10.6. The second-order valence-corrected chi connectivity index (χ2v) is 3.96. The van der Waals surface area contributed by atoms with Crippen LogP contribution in [0.5, 0.6) is 0 Å². The Morgan fingerprint density at radius 3 is 2.47 bits per heavy atom. The summed E-state index contributed by atoms with van der Waals surface area (Å²) in [5, 5.41) is 8.79. The van der Waals surface area contributed by atoms with Gasteiger partial charge in [0.15, 0.2) is 0 Å². The van der Waals surface area contributed by atoms with Crippen molar-refractivity contribution in [3.63, 3.8) is 0 Å². The lowest BCUT2D eigenvalue weighted by molar-refractivity contribution is 0.0527. The van der Waals surface area contributed by atoms with Crippen LogP contribution in [0.4, 0.5) is 0 Å². The summed E-state index contributed by atoms with van der Waals surface area (Å²) in [5.41, 5.74) is 2.83. The zero-order valence-corrected chi connectivity index (χ0v) is 10.6. The summed E-state index contributed by atoms with van der Waals surface area (Å²) in [6.45, 7) is 2.13. The molecule has 94 valence electrons. The van der Waals surface area contributed by atoms with Crippen LogP contribution < -0.4 is 0 Å². The van der Waals surface area contributed by atoms with Gasteiger partial charge in [-0.05, 0) is 36.2 Å². The molecule has 0 aliphatic heterocycles. The zero-order chi connectivity index (χ0) is 13.7. The minimum Gasteiger partial charge on any atom is -0.462 e. The molecule has 0 aliphatic carbocycles. The molecule has 3 nitrogen and oxygen atoms in total. The summed E-state index contributed by atoms with van der Waals surface area (Å²) in [5.74, 6) is -0.331. The fraction of sp³-hybridized carbons (Fsp3) is 0.125. The summed E-state index contributed by atoms with van der Waals surface area (Å²) >= 11 is 0. The number of carbonyl (C=O) groups is 1. The third-order valence-electron chi connectivity index (χ3n) is 2.75. The first-order valence-corrected chi connectivity index (χ1v) is 6.03. The molecule has 2 rings (SSSR count). The molecule has 0 aromatic heterocycles. The summed E-state index contributed by atoms with van der Waals surface area (Å²) in [7, 11) is 0. The van der Waals surface area contributed by atoms with Crippen LogP contribution in [-0.2, 0) is 4.74 Å². The van der Waals surface area contributed by atoms with Crippen molar-refractivity contribution in [2.24, 2.45) is 0 Å². The summed E-state index contributed by atoms with van der Waals surface area (Å²) in [6, 6.07) is 16.5. The minimum absolute atomic E-state index is 0.331. The maximum absolute atomic E-state index is 11.9. The molecule has 0 saturated carbocycles. The molecule has 0 bridgehead atoms. The van der Waals surface area contributed by atoms with Crippen LogP contribution in [-0.4, -0.2) is 12.6 Å².